The lowest BCUT2D eigenvalue weighted by Crippen LogP contribution is -2.27. The minimum Gasteiger partial charge on any atom is -0.352 e. The van der Waals surface area contributed by atoms with Crippen molar-refractivity contribution < 1.29 is 18.0 Å². The second-order valence-corrected chi connectivity index (χ2v) is 4.62. The monoisotopic (exact) mass is 334 g/mol. The Morgan fingerprint density at radius 1 is 1.42 bits per heavy atom. The Hall–Kier alpha value is -1.55. The van der Waals surface area contributed by atoms with Crippen LogP contribution in [0.3, 0.4) is 0 Å². The summed E-state index contributed by atoms with van der Waals surface area (Å²) in [7, 11) is 0. The minimum absolute atomic E-state index is 0.166. The van der Waals surface area contributed by atoms with Gasteiger partial charge in [0.2, 0.25) is 0 Å². The molecule has 1 N–H and O–H groups in total. The lowest BCUT2D eigenvalue weighted by Gasteiger charge is -2.13. The maximum absolute atomic E-state index is 12.8. The van der Waals surface area contributed by atoms with Crippen molar-refractivity contribution in [3.63, 3.8) is 0 Å². The number of hydrogen-bond acceptors (Lipinski definition) is 2. The number of nitrogens with zero attached hydrogens (tertiary/aromatic N) is 1. The number of nitrogens with one attached hydrogen (secondary N) is 1. The number of amides is 1. The highest BCUT2D eigenvalue weighted by atomic mass is 79.9. The lowest BCUT2D eigenvalue weighted by atomic mass is 10.1. The molecular formula is C12H10BrF3N2O. The summed E-state index contributed by atoms with van der Waals surface area (Å²) in [6.07, 6.45) is -3.95. The molecule has 0 unspecified atom stereocenters. The van der Waals surface area contributed by atoms with Gasteiger partial charge in [-0.2, -0.15) is 18.4 Å². The van der Waals surface area contributed by atoms with Gasteiger partial charge in [-0.1, -0.05) is 15.9 Å². The van der Waals surface area contributed by atoms with Crippen LogP contribution in [0.4, 0.5) is 13.2 Å². The van der Waals surface area contributed by atoms with Gasteiger partial charge in [-0.05, 0) is 24.6 Å². The predicted octanol–water partition coefficient (Wildman–Crippen LogP) is 3.50. The van der Waals surface area contributed by atoms with Gasteiger partial charge in [-0.3, -0.25) is 4.79 Å². The van der Waals surface area contributed by atoms with Gasteiger partial charge in [0, 0.05) is 17.4 Å². The number of nitriles is 1. The number of carbonyl (C=O) groups excluding carboxylic acids is 1. The molecule has 1 aromatic carbocycles. The standard InChI is InChI=1S/C12H10BrF3N2O/c13-8-3-4-9(10(7-8)12(14,15)16)11(19)18-6-2-1-5-17/h3-4,7H,1-2,6H2,(H,18,19). The fourth-order valence-corrected chi connectivity index (χ4v) is 1.77. The molecule has 0 aliphatic rings. The zero-order valence-electron chi connectivity index (χ0n) is 9.72. The summed E-state index contributed by atoms with van der Waals surface area (Å²) in [4.78, 5) is 11.7. The third-order valence-corrected chi connectivity index (χ3v) is 2.78. The van der Waals surface area contributed by atoms with Crippen molar-refractivity contribution in [3.05, 3.63) is 33.8 Å². The summed E-state index contributed by atoms with van der Waals surface area (Å²) in [6.45, 7) is 0.166. The number of carbonyl (C=O) groups is 1. The van der Waals surface area contributed by atoms with Crippen molar-refractivity contribution in [2.75, 3.05) is 6.54 Å². The summed E-state index contributed by atoms with van der Waals surface area (Å²) in [5, 5.41) is 10.7. The molecule has 102 valence electrons. The van der Waals surface area contributed by atoms with Crippen LogP contribution in [0.25, 0.3) is 0 Å². The van der Waals surface area contributed by atoms with Crippen LogP contribution in [-0.4, -0.2) is 12.5 Å². The number of hydrogen-bond donors (Lipinski definition) is 1. The van der Waals surface area contributed by atoms with E-state index in [-0.39, 0.29) is 17.4 Å². The molecule has 19 heavy (non-hydrogen) atoms. The Morgan fingerprint density at radius 2 is 2.11 bits per heavy atom. The van der Waals surface area contributed by atoms with Gasteiger partial charge < -0.3 is 5.32 Å². The first-order valence-corrected chi connectivity index (χ1v) is 6.17. The molecule has 0 heterocycles. The van der Waals surface area contributed by atoms with Crippen molar-refractivity contribution in [1.82, 2.24) is 5.32 Å². The Bertz CT molecular complexity index is 509. The number of unbranched alkanes of at least 4 members (excludes halogenated alkanes) is 1. The quantitative estimate of drug-likeness (QED) is 0.857. The number of halogens is 4. The second kappa shape index (κ2) is 6.57. The van der Waals surface area contributed by atoms with E-state index in [4.69, 9.17) is 5.26 Å². The molecule has 0 saturated heterocycles. The summed E-state index contributed by atoms with van der Waals surface area (Å²) in [6, 6.07) is 5.24. The lowest BCUT2D eigenvalue weighted by molar-refractivity contribution is -0.138. The minimum atomic E-state index is -4.59. The predicted molar refractivity (Wildman–Crippen MR) is 66.3 cm³/mol. The van der Waals surface area contributed by atoms with E-state index in [1.165, 1.54) is 6.07 Å². The number of alkyl halides is 3. The van der Waals surface area contributed by atoms with E-state index >= 15 is 0 Å². The third kappa shape index (κ3) is 4.56. The van der Waals surface area contributed by atoms with Gasteiger partial charge in [-0.25, -0.2) is 0 Å². The molecule has 0 saturated carbocycles. The van der Waals surface area contributed by atoms with Gasteiger partial charge in [-0.15, -0.1) is 0 Å². The molecule has 3 nitrogen and oxygen atoms in total. The first kappa shape index (κ1) is 15.5. The number of benzene rings is 1. The van der Waals surface area contributed by atoms with Crippen LogP contribution in [0.2, 0.25) is 0 Å². The highest BCUT2D eigenvalue weighted by molar-refractivity contribution is 9.10. The van der Waals surface area contributed by atoms with Crippen LogP contribution in [0.1, 0.15) is 28.8 Å². The normalized spacial score (nSPS) is 10.9. The van der Waals surface area contributed by atoms with Gasteiger partial charge in [0.1, 0.15) is 0 Å². The molecule has 0 aromatic heterocycles. The molecule has 0 spiro atoms. The first-order valence-electron chi connectivity index (χ1n) is 5.38. The largest absolute Gasteiger partial charge is 0.417 e. The Labute approximate surface area is 116 Å². The van der Waals surface area contributed by atoms with Crippen molar-refractivity contribution in [2.45, 2.75) is 19.0 Å². The van der Waals surface area contributed by atoms with Crippen molar-refractivity contribution in [3.8, 4) is 6.07 Å². The van der Waals surface area contributed by atoms with E-state index in [9.17, 15) is 18.0 Å². The molecule has 0 atom stereocenters. The third-order valence-electron chi connectivity index (χ3n) is 2.28. The van der Waals surface area contributed by atoms with Gasteiger partial charge in [0.25, 0.3) is 5.91 Å². The van der Waals surface area contributed by atoms with Crippen molar-refractivity contribution in [2.24, 2.45) is 0 Å². The summed E-state index contributed by atoms with van der Waals surface area (Å²) in [5.74, 6) is -0.794. The molecule has 1 amide bonds. The maximum Gasteiger partial charge on any atom is 0.417 e. The van der Waals surface area contributed by atoms with Crippen molar-refractivity contribution >= 4 is 21.8 Å². The summed E-state index contributed by atoms with van der Waals surface area (Å²) >= 11 is 2.94. The molecule has 0 aliphatic heterocycles. The van der Waals surface area contributed by atoms with E-state index in [2.05, 4.69) is 21.2 Å². The van der Waals surface area contributed by atoms with Gasteiger partial charge >= 0.3 is 6.18 Å². The zero-order valence-corrected chi connectivity index (χ0v) is 11.3. The fraction of sp³-hybridized carbons (Fsp3) is 0.333. The maximum atomic E-state index is 12.8. The molecule has 1 aromatic rings. The van der Waals surface area contributed by atoms with Gasteiger partial charge in [0.05, 0.1) is 17.2 Å². The van der Waals surface area contributed by atoms with Gasteiger partial charge in [0.15, 0.2) is 0 Å². The van der Waals surface area contributed by atoms with Crippen LogP contribution < -0.4 is 5.32 Å². The number of rotatable bonds is 4. The smallest absolute Gasteiger partial charge is 0.352 e. The van der Waals surface area contributed by atoms with E-state index in [0.29, 0.717) is 6.42 Å². The molecule has 1 rings (SSSR count). The SMILES string of the molecule is N#CCCCNC(=O)c1ccc(Br)cc1C(F)(F)F. The van der Waals surface area contributed by atoms with Crippen LogP contribution in [-0.2, 0) is 6.18 Å². The van der Waals surface area contributed by atoms with Crippen LogP contribution >= 0.6 is 15.9 Å². The Morgan fingerprint density at radius 3 is 2.68 bits per heavy atom. The van der Waals surface area contributed by atoms with Crippen molar-refractivity contribution in [1.29, 1.82) is 5.26 Å². The van der Waals surface area contributed by atoms with E-state index in [1.54, 1.807) is 0 Å². The zero-order chi connectivity index (χ0) is 14.5. The van der Waals surface area contributed by atoms with Crippen LogP contribution in [0, 0.1) is 11.3 Å². The highest BCUT2D eigenvalue weighted by Crippen LogP contribution is 2.33. The fourth-order valence-electron chi connectivity index (χ4n) is 1.41. The van der Waals surface area contributed by atoms with E-state index < -0.39 is 23.2 Å². The first-order chi connectivity index (χ1) is 8.86. The average molecular weight is 335 g/mol. The molecule has 0 fully saturated rings. The Balaban J connectivity index is 2.88. The molecule has 0 radical (unpaired) electrons. The summed E-state index contributed by atoms with van der Waals surface area (Å²) in [5.41, 5.74) is -1.41. The second-order valence-electron chi connectivity index (χ2n) is 3.71. The Kier molecular flexibility index (Phi) is 5.36. The van der Waals surface area contributed by atoms with Crippen LogP contribution in [0.5, 0.6) is 0 Å². The molecule has 0 aliphatic carbocycles. The average Bonchev–Trinajstić information content (AvgIpc) is 2.33. The molecular weight excluding hydrogens is 325 g/mol. The highest BCUT2D eigenvalue weighted by Gasteiger charge is 2.35. The molecule has 0 bridgehead atoms. The van der Waals surface area contributed by atoms with E-state index in [0.717, 1.165) is 12.1 Å². The van der Waals surface area contributed by atoms with Crippen LogP contribution in [0.15, 0.2) is 22.7 Å². The summed E-state index contributed by atoms with van der Waals surface area (Å²) < 4.78 is 38.6. The topological polar surface area (TPSA) is 52.9 Å². The molecule has 7 heteroatoms. The van der Waals surface area contributed by atoms with E-state index in [1.807, 2.05) is 6.07 Å².